The highest BCUT2D eigenvalue weighted by Crippen LogP contribution is 2.44. The van der Waals surface area contributed by atoms with Crippen LogP contribution in [0.5, 0.6) is 0 Å². The molecule has 1 aromatic heterocycles. The zero-order chi connectivity index (χ0) is 15.0. The van der Waals surface area contributed by atoms with Crippen molar-refractivity contribution in [3.63, 3.8) is 0 Å². The van der Waals surface area contributed by atoms with Crippen LogP contribution in [0.4, 0.5) is 0 Å². The van der Waals surface area contributed by atoms with Gasteiger partial charge in [-0.2, -0.15) is 0 Å². The van der Waals surface area contributed by atoms with Crippen LogP contribution in [-0.4, -0.2) is 12.0 Å². The second-order valence-electron chi connectivity index (χ2n) is 8.14. The summed E-state index contributed by atoms with van der Waals surface area (Å²) in [5, 5.41) is 7.17. The minimum absolute atomic E-state index is 0.0991. The van der Waals surface area contributed by atoms with Gasteiger partial charge in [-0.25, -0.2) is 4.98 Å². The first-order valence-corrected chi connectivity index (χ1v) is 8.72. The molecular formula is C17H30N2S. The molecule has 1 N–H and O–H groups in total. The Morgan fingerprint density at radius 3 is 2.40 bits per heavy atom. The van der Waals surface area contributed by atoms with E-state index in [1.807, 2.05) is 11.3 Å². The number of rotatable bonds is 2. The van der Waals surface area contributed by atoms with Crippen molar-refractivity contribution in [2.45, 2.75) is 77.7 Å². The number of thiazole rings is 1. The molecule has 0 saturated heterocycles. The van der Waals surface area contributed by atoms with Crippen LogP contribution < -0.4 is 5.32 Å². The Balaban J connectivity index is 2.29. The normalized spacial score (nSPS) is 27.3. The number of hydrogen-bond acceptors (Lipinski definition) is 3. The van der Waals surface area contributed by atoms with Gasteiger partial charge < -0.3 is 5.32 Å². The molecule has 0 aliphatic heterocycles. The highest BCUT2D eigenvalue weighted by atomic mass is 32.1. The van der Waals surface area contributed by atoms with Crippen molar-refractivity contribution in [3.05, 3.63) is 16.1 Å². The van der Waals surface area contributed by atoms with Gasteiger partial charge >= 0.3 is 0 Å². The zero-order valence-electron chi connectivity index (χ0n) is 14.0. The Bertz CT molecular complexity index is 456. The number of hydrogen-bond donors (Lipinski definition) is 1. The van der Waals surface area contributed by atoms with Crippen LogP contribution in [0.25, 0.3) is 0 Å². The van der Waals surface area contributed by atoms with Gasteiger partial charge in [0.1, 0.15) is 5.01 Å². The van der Waals surface area contributed by atoms with Gasteiger partial charge in [-0.3, -0.25) is 0 Å². The zero-order valence-corrected chi connectivity index (χ0v) is 14.8. The van der Waals surface area contributed by atoms with E-state index in [0.29, 0.717) is 5.41 Å². The third-order valence-electron chi connectivity index (χ3n) is 4.85. The minimum Gasteiger partial charge on any atom is -0.308 e. The van der Waals surface area contributed by atoms with Crippen molar-refractivity contribution in [2.24, 2.45) is 5.41 Å². The summed E-state index contributed by atoms with van der Waals surface area (Å²) < 4.78 is 0. The quantitative estimate of drug-likeness (QED) is 0.789. The lowest BCUT2D eigenvalue weighted by atomic mass is 9.83. The Hall–Kier alpha value is -0.410. The molecule has 1 aliphatic carbocycles. The molecule has 0 radical (unpaired) electrons. The third kappa shape index (κ3) is 3.25. The van der Waals surface area contributed by atoms with Crippen LogP contribution in [0.3, 0.4) is 0 Å². The summed E-state index contributed by atoms with van der Waals surface area (Å²) in [7, 11) is 2.11. The Morgan fingerprint density at radius 1 is 1.15 bits per heavy atom. The largest absolute Gasteiger partial charge is 0.308 e. The Labute approximate surface area is 128 Å². The second-order valence-corrected chi connectivity index (χ2v) is 9.00. The van der Waals surface area contributed by atoms with E-state index in [1.54, 1.807) is 0 Å². The molecule has 114 valence electrons. The number of nitrogens with zero attached hydrogens (tertiary/aromatic N) is 1. The third-order valence-corrected chi connectivity index (χ3v) is 5.89. The molecule has 2 rings (SSSR count). The maximum Gasteiger partial charge on any atom is 0.113 e. The molecule has 0 aromatic carbocycles. The molecule has 1 aliphatic rings. The summed E-state index contributed by atoms with van der Waals surface area (Å²) in [4.78, 5) is 4.99. The molecule has 0 bridgehead atoms. The van der Waals surface area contributed by atoms with Crippen molar-refractivity contribution in [1.29, 1.82) is 0 Å². The standard InChI is InChI=1S/C17H30N2S/c1-15(2,3)13-12-20-14(19-13)17(18-6)9-7-8-16(4,5)10-11-17/h12,18H,7-11H2,1-6H3. The molecule has 3 heteroatoms. The summed E-state index contributed by atoms with van der Waals surface area (Å²) in [6, 6.07) is 0. The highest BCUT2D eigenvalue weighted by Gasteiger charge is 2.38. The molecule has 2 nitrogen and oxygen atoms in total. The van der Waals surface area contributed by atoms with Crippen LogP contribution in [-0.2, 0) is 11.0 Å². The highest BCUT2D eigenvalue weighted by molar-refractivity contribution is 7.09. The van der Waals surface area contributed by atoms with E-state index in [0.717, 1.165) is 0 Å². The summed E-state index contributed by atoms with van der Waals surface area (Å²) in [6.07, 6.45) is 6.31. The topological polar surface area (TPSA) is 24.9 Å². The molecule has 0 amide bonds. The number of aromatic nitrogens is 1. The second kappa shape index (κ2) is 5.42. The van der Waals surface area contributed by atoms with Crippen LogP contribution >= 0.6 is 11.3 Å². The molecule has 1 unspecified atom stereocenters. The molecule has 1 aromatic rings. The lowest BCUT2D eigenvalue weighted by Crippen LogP contribution is -2.39. The van der Waals surface area contributed by atoms with Crippen molar-refractivity contribution >= 4 is 11.3 Å². The van der Waals surface area contributed by atoms with Gasteiger partial charge in [-0.05, 0) is 38.1 Å². The Kier molecular flexibility index (Phi) is 4.32. The van der Waals surface area contributed by atoms with E-state index in [9.17, 15) is 0 Å². The fraction of sp³-hybridized carbons (Fsp3) is 0.824. The summed E-state index contributed by atoms with van der Waals surface area (Å²) in [5.41, 5.74) is 1.95. The van der Waals surface area contributed by atoms with Crippen LogP contribution in [0.1, 0.15) is 77.4 Å². The first-order chi connectivity index (χ1) is 9.19. The van der Waals surface area contributed by atoms with Crippen molar-refractivity contribution in [2.75, 3.05) is 7.05 Å². The summed E-state index contributed by atoms with van der Waals surface area (Å²) in [6.45, 7) is 11.5. The van der Waals surface area contributed by atoms with E-state index >= 15 is 0 Å². The van der Waals surface area contributed by atoms with Crippen molar-refractivity contribution in [3.8, 4) is 0 Å². The molecule has 20 heavy (non-hydrogen) atoms. The van der Waals surface area contributed by atoms with Gasteiger partial charge in [0.05, 0.1) is 11.2 Å². The maximum atomic E-state index is 4.99. The minimum atomic E-state index is 0.0991. The lowest BCUT2D eigenvalue weighted by molar-refractivity contribution is 0.276. The van der Waals surface area contributed by atoms with Crippen LogP contribution in [0.15, 0.2) is 5.38 Å². The molecule has 1 fully saturated rings. The molecule has 1 heterocycles. The van der Waals surface area contributed by atoms with E-state index in [1.165, 1.54) is 42.8 Å². The van der Waals surface area contributed by atoms with Crippen LogP contribution in [0, 0.1) is 5.41 Å². The lowest BCUT2D eigenvalue weighted by Gasteiger charge is -2.31. The SMILES string of the molecule is CNC1(c2nc(C(C)(C)C)cs2)CCCC(C)(C)CC1. The van der Waals surface area contributed by atoms with Crippen molar-refractivity contribution < 1.29 is 0 Å². The Morgan fingerprint density at radius 2 is 1.85 bits per heavy atom. The van der Waals surface area contributed by atoms with Crippen LogP contribution in [0.2, 0.25) is 0 Å². The van der Waals surface area contributed by atoms with Gasteiger partial charge in [0.2, 0.25) is 0 Å². The van der Waals surface area contributed by atoms with E-state index in [2.05, 4.69) is 52.4 Å². The van der Waals surface area contributed by atoms with Gasteiger partial charge in [0, 0.05) is 10.8 Å². The van der Waals surface area contributed by atoms with E-state index < -0.39 is 0 Å². The maximum absolute atomic E-state index is 4.99. The predicted molar refractivity (Wildman–Crippen MR) is 88.4 cm³/mol. The first-order valence-electron chi connectivity index (χ1n) is 7.84. The smallest absolute Gasteiger partial charge is 0.113 e. The number of nitrogens with one attached hydrogen (secondary N) is 1. The summed E-state index contributed by atoms with van der Waals surface area (Å²) >= 11 is 1.84. The van der Waals surface area contributed by atoms with Gasteiger partial charge in [0.25, 0.3) is 0 Å². The average molecular weight is 295 g/mol. The molecule has 1 atom stereocenters. The van der Waals surface area contributed by atoms with Crippen molar-refractivity contribution in [1.82, 2.24) is 10.3 Å². The van der Waals surface area contributed by atoms with Gasteiger partial charge in [0.15, 0.2) is 0 Å². The average Bonchev–Trinajstić information content (AvgIpc) is 2.78. The first kappa shape index (κ1) is 16.0. The fourth-order valence-electron chi connectivity index (χ4n) is 3.08. The predicted octanol–water partition coefficient (Wildman–Crippen LogP) is 4.85. The fourth-order valence-corrected chi connectivity index (χ4v) is 4.39. The molecular weight excluding hydrogens is 264 g/mol. The molecule has 0 spiro atoms. The van der Waals surface area contributed by atoms with Gasteiger partial charge in [-0.15, -0.1) is 11.3 Å². The van der Waals surface area contributed by atoms with E-state index in [-0.39, 0.29) is 11.0 Å². The monoisotopic (exact) mass is 294 g/mol. The summed E-state index contributed by atoms with van der Waals surface area (Å²) in [5.74, 6) is 0. The van der Waals surface area contributed by atoms with E-state index in [4.69, 9.17) is 4.98 Å². The van der Waals surface area contributed by atoms with Gasteiger partial charge in [-0.1, -0.05) is 41.0 Å². The molecule has 1 saturated carbocycles.